The van der Waals surface area contributed by atoms with Crippen LogP contribution in [0.15, 0.2) is 67.3 Å². The van der Waals surface area contributed by atoms with Crippen LogP contribution in [0, 0.1) is 5.41 Å². The fraction of sp³-hybridized carbons (Fsp3) is 0.286. The molecule has 26 heavy (non-hydrogen) atoms. The molecule has 5 heteroatoms. The molecule has 0 unspecified atom stereocenters. The van der Waals surface area contributed by atoms with Gasteiger partial charge in [0.2, 0.25) is 5.91 Å². The summed E-state index contributed by atoms with van der Waals surface area (Å²) in [6.45, 7) is 6.48. The maximum atomic E-state index is 12.7. The summed E-state index contributed by atoms with van der Waals surface area (Å²) in [6.07, 6.45) is 1.25. The number of carbonyl (C=O) groups excluding carboxylic acids is 1. The molecular weight excluding hydrogens is 330 g/mol. The Bertz CT molecular complexity index is 734. The molecule has 1 aliphatic heterocycles. The van der Waals surface area contributed by atoms with E-state index in [1.54, 1.807) is 30.3 Å². The summed E-state index contributed by atoms with van der Waals surface area (Å²) in [5, 5.41) is 2.92. The van der Waals surface area contributed by atoms with E-state index in [0.29, 0.717) is 25.5 Å². The first kappa shape index (κ1) is 18.2. The second-order valence-electron chi connectivity index (χ2n) is 6.50. The summed E-state index contributed by atoms with van der Waals surface area (Å²) in [6, 6.07) is 16.9. The number of nitrogens with one attached hydrogen (secondary N) is 1. The van der Waals surface area contributed by atoms with Crippen molar-refractivity contribution < 1.29 is 19.0 Å². The molecule has 0 spiro atoms. The minimum atomic E-state index is -0.747. The highest BCUT2D eigenvalue weighted by atomic mass is 16.7. The van der Waals surface area contributed by atoms with Gasteiger partial charge in [-0.25, -0.2) is 0 Å². The van der Waals surface area contributed by atoms with Crippen molar-refractivity contribution in [1.29, 1.82) is 0 Å². The fourth-order valence-corrected chi connectivity index (χ4v) is 2.61. The molecule has 1 heterocycles. The molecule has 1 aliphatic rings. The van der Waals surface area contributed by atoms with Gasteiger partial charge in [0, 0.05) is 11.3 Å². The zero-order valence-electron chi connectivity index (χ0n) is 14.8. The molecule has 0 radical (unpaired) electrons. The lowest BCUT2D eigenvalue weighted by atomic mass is 9.90. The highest BCUT2D eigenvalue weighted by Crippen LogP contribution is 2.32. The van der Waals surface area contributed by atoms with Gasteiger partial charge in [0.15, 0.2) is 6.29 Å². The van der Waals surface area contributed by atoms with Crippen LogP contribution in [0.1, 0.15) is 18.8 Å². The third-order valence-corrected chi connectivity index (χ3v) is 4.21. The minimum Gasteiger partial charge on any atom is -0.490 e. The zero-order valence-corrected chi connectivity index (χ0v) is 14.8. The van der Waals surface area contributed by atoms with E-state index in [0.717, 1.165) is 11.3 Å². The van der Waals surface area contributed by atoms with Gasteiger partial charge < -0.3 is 19.5 Å². The van der Waals surface area contributed by atoms with Crippen LogP contribution >= 0.6 is 0 Å². The van der Waals surface area contributed by atoms with Gasteiger partial charge in [-0.3, -0.25) is 4.79 Å². The third-order valence-electron chi connectivity index (χ3n) is 4.21. The maximum Gasteiger partial charge on any atom is 0.234 e. The van der Waals surface area contributed by atoms with Crippen molar-refractivity contribution in [2.24, 2.45) is 5.41 Å². The van der Waals surface area contributed by atoms with Gasteiger partial charge in [-0.05, 0) is 31.2 Å². The van der Waals surface area contributed by atoms with Gasteiger partial charge in [-0.2, -0.15) is 0 Å². The molecule has 1 fully saturated rings. The molecule has 1 N–H and O–H groups in total. The van der Waals surface area contributed by atoms with Gasteiger partial charge in [-0.1, -0.05) is 43.0 Å². The first-order valence-electron chi connectivity index (χ1n) is 8.54. The quantitative estimate of drug-likeness (QED) is 0.799. The number of hydrogen-bond acceptors (Lipinski definition) is 4. The summed E-state index contributed by atoms with van der Waals surface area (Å²) >= 11 is 0. The van der Waals surface area contributed by atoms with Crippen molar-refractivity contribution >= 4 is 11.6 Å². The van der Waals surface area contributed by atoms with Crippen LogP contribution in [0.25, 0.3) is 0 Å². The van der Waals surface area contributed by atoms with Gasteiger partial charge >= 0.3 is 0 Å². The Morgan fingerprint density at radius 2 is 1.85 bits per heavy atom. The monoisotopic (exact) mass is 353 g/mol. The highest BCUT2D eigenvalue weighted by Gasteiger charge is 2.39. The predicted octanol–water partition coefficient (Wildman–Crippen LogP) is 3.94. The molecule has 3 rings (SSSR count). The number of ether oxygens (including phenoxy) is 3. The first-order valence-corrected chi connectivity index (χ1v) is 8.54. The van der Waals surface area contributed by atoms with Gasteiger partial charge in [0.1, 0.15) is 12.4 Å². The second-order valence-corrected chi connectivity index (χ2v) is 6.50. The zero-order chi connectivity index (χ0) is 18.4. The molecule has 0 aliphatic carbocycles. The van der Waals surface area contributed by atoms with Crippen LogP contribution in [-0.2, 0) is 14.3 Å². The van der Waals surface area contributed by atoms with Crippen molar-refractivity contribution in [3.8, 4) is 5.75 Å². The number of carbonyl (C=O) groups is 1. The average molecular weight is 353 g/mol. The predicted molar refractivity (Wildman–Crippen MR) is 100.0 cm³/mol. The summed E-state index contributed by atoms with van der Waals surface area (Å²) in [7, 11) is 0. The molecule has 0 bridgehead atoms. The second kappa shape index (κ2) is 8.17. The van der Waals surface area contributed by atoms with Crippen LogP contribution in [0.4, 0.5) is 5.69 Å². The molecule has 136 valence electrons. The summed E-state index contributed by atoms with van der Waals surface area (Å²) in [5.41, 5.74) is 0.904. The van der Waals surface area contributed by atoms with Crippen molar-refractivity contribution in [2.45, 2.75) is 13.2 Å². The molecule has 0 saturated carbocycles. The van der Waals surface area contributed by atoms with E-state index in [-0.39, 0.29) is 5.91 Å². The van der Waals surface area contributed by atoms with Crippen LogP contribution in [0.3, 0.4) is 0 Å². The van der Waals surface area contributed by atoms with E-state index in [9.17, 15) is 4.79 Å². The molecule has 1 amide bonds. The first-order chi connectivity index (χ1) is 12.6. The largest absolute Gasteiger partial charge is 0.490 e. The number of benzene rings is 2. The highest BCUT2D eigenvalue weighted by molar-refractivity contribution is 5.95. The molecular formula is C21H23NO4. The Labute approximate surface area is 153 Å². The SMILES string of the molecule is C=CCOc1ccc(NC(=O)C2(C)COC(c3ccccc3)OC2)cc1. The molecule has 0 aromatic heterocycles. The number of anilines is 1. The van der Waals surface area contributed by atoms with Crippen LogP contribution < -0.4 is 10.1 Å². The number of hydrogen-bond donors (Lipinski definition) is 1. The minimum absolute atomic E-state index is 0.135. The molecule has 0 atom stereocenters. The Hall–Kier alpha value is -2.63. The smallest absolute Gasteiger partial charge is 0.234 e. The summed E-state index contributed by atoms with van der Waals surface area (Å²) in [5.74, 6) is 0.591. The van der Waals surface area contributed by atoms with Crippen LogP contribution in [0.2, 0.25) is 0 Å². The number of rotatable bonds is 6. The fourth-order valence-electron chi connectivity index (χ4n) is 2.61. The Kier molecular flexibility index (Phi) is 5.71. The summed E-state index contributed by atoms with van der Waals surface area (Å²) in [4.78, 5) is 12.7. The maximum absolute atomic E-state index is 12.7. The molecule has 5 nitrogen and oxygen atoms in total. The van der Waals surface area contributed by atoms with Gasteiger partial charge in [-0.15, -0.1) is 0 Å². The van der Waals surface area contributed by atoms with Crippen molar-refractivity contribution in [1.82, 2.24) is 0 Å². The standard InChI is InChI=1S/C21H23NO4/c1-3-13-24-18-11-9-17(10-12-18)22-20(23)21(2)14-25-19(26-15-21)16-7-5-4-6-8-16/h3-12,19H,1,13-15H2,2H3,(H,22,23). The lowest BCUT2D eigenvalue weighted by Crippen LogP contribution is -2.45. The van der Waals surface area contributed by atoms with Gasteiger partial charge in [0.25, 0.3) is 0 Å². The van der Waals surface area contributed by atoms with Crippen molar-refractivity contribution in [2.75, 3.05) is 25.1 Å². The van der Waals surface area contributed by atoms with E-state index in [2.05, 4.69) is 11.9 Å². The lowest BCUT2D eigenvalue weighted by molar-refractivity contribution is -0.226. The van der Waals surface area contributed by atoms with Crippen molar-refractivity contribution in [3.63, 3.8) is 0 Å². The van der Waals surface area contributed by atoms with E-state index >= 15 is 0 Å². The lowest BCUT2D eigenvalue weighted by Gasteiger charge is -2.36. The topological polar surface area (TPSA) is 56.8 Å². The van der Waals surface area contributed by atoms with E-state index in [4.69, 9.17) is 14.2 Å². The Balaban J connectivity index is 1.57. The Morgan fingerprint density at radius 1 is 1.19 bits per heavy atom. The molecule has 2 aromatic rings. The van der Waals surface area contributed by atoms with E-state index in [1.165, 1.54) is 0 Å². The molecule has 2 aromatic carbocycles. The normalized spacial score (nSPS) is 22.4. The Morgan fingerprint density at radius 3 is 2.46 bits per heavy atom. The number of amides is 1. The average Bonchev–Trinajstić information content (AvgIpc) is 2.68. The van der Waals surface area contributed by atoms with Gasteiger partial charge in [0.05, 0.1) is 18.6 Å². The summed E-state index contributed by atoms with van der Waals surface area (Å²) < 4.78 is 17.0. The van der Waals surface area contributed by atoms with Crippen LogP contribution in [-0.4, -0.2) is 25.7 Å². The van der Waals surface area contributed by atoms with Crippen LogP contribution in [0.5, 0.6) is 5.75 Å². The molecule has 1 saturated heterocycles. The van der Waals surface area contributed by atoms with E-state index < -0.39 is 11.7 Å². The third kappa shape index (κ3) is 4.31. The van der Waals surface area contributed by atoms with Crippen molar-refractivity contribution in [3.05, 3.63) is 72.8 Å². The van der Waals surface area contributed by atoms with E-state index in [1.807, 2.05) is 37.3 Å².